The minimum atomic E-state index is -0.199. The Hall–Kier alpha value is -2.67. The molecular weight excluding hydrogens is 282 g/mol. The first-order valence-corrected chi connectivity index (χ1v) is 7.11. The minimum absolute atomic E-state index is 0.0524. The third-order valence-electron chi connectivity index (χ3n) is 3.34. The highest BCUT2D eigenvalue weighted by Crippen LogP contribution is 2.05. The molecular formula is C15H17N5O2. The van der Waals surface area contributed by atoms with E-state index in [0.29, 0.717) is 25.2 Å². The summed E-state index contributed by atoms with van der Waals surface area (Å²) in [5.74, 6) is -0.199. The molecule has 1 amide bonds. The summed E-state index contributed by atoms with van der Waals surface area (Å²) in [6.45, 7) is 0.748. The normalized spacial score (nSPS) is 11.0. The molecule has 3 heterocycles. The number of aromatic nitrogens is 4. The van der Waals surface area contributed by atoms with Gasteiger partial charge < -0.3 is 14.8 Å². The molecule has 0 saturated heterocycles. The van der Waals surface area contributed by atoms with Gasteiger partial charge in [-0.05, 0) is 18.2 Å². The molecule has 7 heteroatoms. The van der Waals surface area contributed by atoms with E-state index in [1.54, 1.807) is 12.3 Å². The van der Waals surface area contributed by atoms with Crippen molar-refractivity contribution >= 4 is 11.6 Å². The van der Waals surface area contributed by atoms with Crippen molar-refractivity contribution in [2.75, 3.05) is 13.2 Å². The fourth-order valence-corrected chi connectivity index (χ4v) is 2.30. The molecule has 0 saturated carbocycles. The van der Waals surface area contributed by atoms with E-state index in [2.05, 4.69) is 15.4 Å². The molecule has 0 aliphatic heterocycles. The monoisotopic (exact) mass is 299 g/mol. The second-order valence-corrected chi connectivity index (χ2v) is 4.87. The van der Waals surface area contributed by atoms with E-state index in [1.165, 1.54) is 4.68 Å². The molecule has 0 bridgehead atoms. The average molecular weight is 299 g/mol. The van der Waals surface area contributed by atoms with Gasteiger partial charge in [0.2, 0.25) is 0 Å². The molecule has 0 atom stereocenters. The van der Waals surface area contributed by atoms with Crippen molar-refractivity contribution in [3.05, 3.63) is 54.2 Å². The topological polar surface area (TPSA) is 84.5 Å². The van der Waals surface area contributed by atoms with Crippen LogP contribution in [0, 0.1) is 0 Å². The summed E-state index contributed by atoms with van der Waals surface area (Å²) in [6, 6.07) is 7.46. The van der Waals surface area contributed by atoms with E-state index in [4.69, 9.17) is 5.11 Å². The van der Waals surface area contributed by atoms with Gasteiger partial charge in [0, 0.05) is 31.6 Å². The Bertz CT molecular complexity index is 744. The summed E-state index contributed by atoms with van der Waals surface area (Å²) < 4.78 is 3.44. The zero-order valence-corrected chi connectivity index (χ0v) is 12.0. The van der Waals surface area contributed by atoms with Crippen molar-refractivity contribution in [3.63, 3.8) is 0 Å². The second-order valence-electron chi connectivity index (χ2n) is 4.87. The van der Waals surface area contributed by atoms with Gasteiger partial charge in [0.1, 0.15) is 11.3 Å². The number of nitrogens with zero attached hydrogens (tertiary/aromatic N) is 4. The van der Waals surface area contributed by atoms with Crippen LogP contribution in [0.1, 0.15) is 16.2 Å². The largest absolute Gasteiger partial charge is 0.394 e. The number of rotatable bonds is 6. The van der Waals surface area contributed by atoms with Gasteiger partial charge in [-0.15, -0.1) is 0 Å². The summed E-state index contributed by atoms with van der Waals surface area (Å²) in [6.07, 6.45) is 6.10. The lowest BCUT2D eigenvalue weighted by Crippen LogP contribution is -2.28. The van der Waals surface area contributed by atoms with Crippen LogP contribution in [0.3, 0.4) is 0 Å². The maximum absolute atomic E-state index is 12.1. The number of carbonyl (C=O) groups excluding carboxylic acids is 1. The second kappa shape index (κ2) is 6.40. The van der Waals surface area contributed by atoms with Crippen molar-refractivity contribution in [1.82, 2.24) is 24.5 Å². The van der Waals surface area contributed by atoms with Crippen LogP contribution in [0.4, 0.5) is 0 Å². The molecule has 3 aromatic rings. The van der Waals surface area contributed by atoms with E-state index in [1.807, 2.05) is 35.0 Å². The molecule has 0 spiro atoms. The lowest BCUT2D eigenvalue weighted by atomic mass is 10.3. The summed E-state index contributed by atoms with van der Waals surface area (Å²) in [5.41, 5.74) is 2.27. The summed E-state index contributed by atoms with van der Waals surface area (Å²) >= 11 is 0. The average Bonchev–Trinajstić information content (AvgIpc) is 3.13. The lowest BCUT2D eigenvalue weighted by molar-refractivity contribution is 0.0941. The number of carbonyl (C=O) groups is 1. The van der Waals surface area contributed by atoms with Gasteiger partial charge in [-0.2, -0.15) is 5.10 Å². The fraction of sp³-hybridized carbons (Fsp3) is 0.267. The SMILES string of the molecule is O=C(NCCc1cn2ccccc2n1)c1ccnn1CCO. The van der Waals surface area contributed by atoms with Gasteiger partial charge >= 0.3 is 0 Å². The third kappa shape index (κ3) is 2.99. The van der Waals surface area contributed by atoms with E-state index in [0.717, 1.165) is 11.3 Å². The summed E-state index contributed by atoms with van der Waals surface area (Å²) in [5, 5.41) is 15.8. The van der Waals surface area contributed by atoms with E-state index >= 15 is 0 Å². The number of aliphatic hydroxyl groups excluding tert-OH is 1. The van der Waals surface area contributed by atoms with Crippen LogP contribution in [-0.4, -0.2) is 43.3 Å². The Morgan fingerprint density at radius 1 is 1.32 bits per heavy atom. The zero-order chi connectivity index (χ0) is 15.4. The van der Waals surface area contributed by atoms with Crippen LogP contribution in [0.2, 0.25) is 0 Å². The fourth-order valence-electron chi connectivity index (χ4n) is 2.30. The van der Waals surface area contributed by atoms with Gasteiger partial charge in [-0.25, -0.2) is 4.98 Å². The van der Waals surface area contributed by atoms with Gasteiger partial charge in [0.05, 0.1) is 18.8 Å². The van der Waals surface area contributed by atoms with Crippen molar-refractivity contribution in [3.8, 4) is 0 Å². The predicted octanol–water partition coefficient (Wildman–Crippen LogP) is 0.496. The highest BCUT2D eigenvalue weighted by Gasteiger charge is 2.11. The van der Waals surface area contributed by atoms with E-state index in [9.17, 15) is 4.79 Å². The number of nitrogens with one attached hydrogen (secondary N) is 1. The number of hydrogen-bond acceptors (Lipinski definition) is 4. The molecule has 0 aromatic carbocycles. The standard InChI is InChI=1S/C15H17N5O2/c21-10-9-20-13(5-7-17-20)15(22)16-6-4-12-11-19-8-2-1-3-14(19)18-12/h1-3,5,7-8,11,21H,4,6,9-10H2,(H,16,22). The predicted molar refractivity (Wildman–Crippen MR) is 80.5 cm³/mol. The van der Waals surface area contributed by atoms with Crippen LogP contribution in [0.25, 0.3) is 5.65 Å². The number of fused-ring (bicyclic) bond motifs is 1. The first kappa shape index (κ1) is 14.3. The highest BCUT2D eigenvalue weighted by molar-refractivity contribution is 5.92. The van der Waals surface area contributed by atoms with E-state index in [-0.39, 0.29) is 12.5 Å². The molecule has 3 aromatic heterocycles. The smallest absolute Gasteiger partial charge is 0.269 e. The first-order valence-electron chi connectivity index (χ1n) is 7.11. The van der Waals surface area contributed by atoms with Gasteiger partial charge in [0.25, 0.3) is 5.91 Å². The van der Waals surface area contributed by atoms with Crippen LogP contribution in [-0.2, 0) is 13.0 Å². The van der Waals surface area contributed by atoms with Crippen molar-refractivity contribution in [1.29, 1.82) is 0 Å². The maximum atomic E-state index is 12.1. The lowest BCUT2D eigenvalue weighted by Gasteiger charge is -2.06. The minimum Gasteiger partial charge on any atom is -0.394 e. The molecule has 0 unspecified atom stereocenters. The Kier molecular flexibility index (Phi) is 4.15. The Morgan fingerprint density at radius 2 is 2.23 bits per heavy atom. The quantitative estimate of drug-likeness (QED) is 0.694. The third-order valence-corrected chi connectivity index (χ3v) is 3.34. The first-order chi connectivity index (χ1) is 10.8. The molecule has 7 nitrogen and oxygen atoms in total. The van der Waals surface area contributed by atoms with Crippen LogP contribution < -0.4 is 5.32 Å². The van der Waals surface area contributed by atoms with Crippen LogP contribution in [0.15, 0.2) is 42.9 Å². The number of amides is 1. The van der Waals surface area contributed by atoms with Crippen molar-refractivity contribution < 1.29 is 9.90 Å². The Balaban J connectivity index is 1.58. The number of pyridine rings is 1. The molecule has 114 valence electrons. The molecule has 0 aliphatic rings. The number of hydrogen-bond donors (Lipinski definition) is 2. The Labute approximate surface area is 127 Å². The molecule has 0 radical (unpaired) electrons. The molecule has 3 rings (SSSR count). The van der Waals surface area contributed by atoms with Gasteiger partial charge in [0.15, 0.2) is 0 Å². The van der Waals surface area contributed by atoms with Crippen LogP contribution in [0.5, 0.6) is 0 Å². The molecule has 0 fully saturated rings. The number of imidazole rings is 1. The van der Waals surface area contributed by atoms with Crippen LogP contribution >= 0.6 is 0 Å². The van der Waals surface area contributed by atoms with Crippen molar-refractivity contribution in [2.24, 2.45) is 0 Å². The van der Waals surface area contributed by atoms with E-state index < -0.39 is 0 Å². The van der Waals surface area contributed by atoms with Gasteiger partial charge in [-0.3, -0.25) is 9.48 Å². The maximum Gasteiger partial charge on any atom is 0.269 e. The Morgan fingerprint density at radius 3 is 3.05 bits per heavy atom. The zero-order valence-electron chi connectivity index (χ0n) is 12.0. The molecule has 0 aliphatic carbocycles. The van der Waals surface area contributed by atoms with Gasteiger partial charge in [-0.1, -0.05) is 6.07 Å². The summed E-state index contributed by atoms with van der Waals surface area (Å²) in [7, 11) is 0. The highest BCUT2D eigenvalue weighted by atomic mass is 16.3. The number of aliphatic hydroxyl groups is 1. The molecule has 2 N–H and O–H groups in total. The van der Waals surface area contributed by atoms with Crippen molar-refractivity contribution in [2.45, 2.75) is 13.0 Å². The molecule has 22 heavy (non-hydrogen) atoms. The summed E-state index contributed by atoms with van der Waals surface area (Å²) in [4.78, 5) is 16.6.